The van der Waals surface area contributed by atoms with Crippen LogP contribution in [0.25, 0.3) is 10.8 Å². The average molecular weight is 328 g/mol. The Hall–Kier alpha value is -2.94. The van der Waals surface area contributed by atoms with Crippen molar-refractivity contribution in [3.8, 4) is 0 Å². The lowest BCUT2D eigenvalue weighted by Crippen LogP contribution is -2.33. The summed E-state index contributed by atoms with van der Waals surface area (Å²) < 4.78 is 0. The van der Waals surface area contributed by atoms with E-state index < -0.39 is 0 Å². The van der Waals surface area contributed by atoms with Crippen LogP contribution in [0.2, 0.25) is 0 Å². The van der Waals surface area contributed by atoms with E-state index in [-0.39, 0.29) is 5.91 Å². The quantitative estimate of drug-likeness (QED) is 0.668. The van der Waals surface area contributed by atoms with Crippen molar-refractivity contribution in [1.82, 2.24) is 0 Å². The predicted octanol–water partition coefficient (Wildman–Crippen LogP) is 4.96. The molecule has 0 atom stereocenters. The second-order valence-electron chi connectivity index (χ2n) is 6.82. The van der Waals surface area contributed by atoms with Gasteiger partial charge in [0.25, 0.3) is 5.91 Å². The molecule has 0 fully saturated rings. The van der Waals surface area contributed by atoms with Gasteiger partial charge in [-0.2, -0.15) is 0 Å². The molecule has 1 amide bonds. The van der Waals surface area contributed by atoms with Crippen molar-refractivity contribution < 1.29 is 4.79 Å². The van der Waals surface area contributed by atoms with E-state index in [9.17, 15) is 4.79 Å². The number of rotatable bonds is 3. The molecule has 0 spiro atoms. The topological polar surface area (TPSA) is 32.7 Å². The highest BCUT2D eigenvalue weighted by Gasteiger charge is 2.33. The van der Waals surface area contributed by atoms with Gasteiger partial charge in [-0.25, -0.2) is 4.99 Å². The summed E-state index contributed by atoms with van der Waals surface area (Å²) in [6.45, 7) is 4.94. The number of amides is 1. The second-order valence-corrected chi connectivity index (χ2v) is 6.82. The van der Waals surface area contributed by atoms with Gasteiger partial charge in [-0.1, -0.05) is 62.4 Å². The van der Waals surface area contributed by atoms with Gasteiger partial charge in [-0.15, -0.1) is 0 Å². The van der Waals surface area contributed by atoms with E-state index in [0.717, 1.165) is 22.3 Å². The fraction of sp³-hybridized carbons (Fsp3) is 0.182. The number of fused-ring (bicyclic) bond motifs is 2. The number of hydrogen-bond acceptors (Lipinski definition) is 2. The average Bonchev–Trinajstić information content (AvgIpc) is 2.87. The molecule has 0 N–H and O–H groups in total. The van der Waals surface area contributed by atoms with Crippen molar-refractivity contribution >= 4 is 33.8 Å². The third-order valence-electron chi connectivity index (χ3n) is 4.42. The van der Waals surface area contributed by atoms with E-state index >= 15 is 0 Å². The number of anilines is 1. The zero-order chi connectivity index (χ0) is 17.4. The van der Waals surface area contributed by atoms with Crippen molar-refractivity contribution in [2.75, 3.05) is 11.4 Å². The summed E-state index contributed by atoms with van der Waals surface area (Å²) >= 11 is 0. The molecule has 1 aliphatic rings. The molecule has 3 aromatic rings. The standard InChI is InChI=1S/C22H20N2O/c1-15(2)14-24-20-10-6-5-9-19(20)21(22(24)25)23-18-12-11-16-7-3-4-8-17(16)13-18/h3-13,15H,14H2,1-2H3. The van der Waals surface area contributed by atoms with E-state index in [1.807, 2.05) is 59.5 Å². The lowest BCUT2D eigenvalue weighted by atomic mass is 10.1. The summed E-state index contributed by atoms with van der Waals surface area (Å²) in [5.41, 5.74) is 3.22. The Kier molecular flexibility index (Phi) is 3.85. The zero-order valence-electron chi connectivity index (χ0n) is 14.4. The molecule has 1 aliphatic heterocycles. The molecule has 3 nitrogen and oxygen atoms in total. The SMILES string of the molecule is CC(C)CN1C(=O)C(=Nc2ccc3ccccc3c2)c2ccccc21. The normalized spacial score (nSPS) is 15.4. The van der Waals surface area contributed by atoms with Crippen molar-refractivity contribution in [3.05, 3.63) is 72.3 Å². The van der Waals surface area contributed by atoms with E-state index in [1.165, 1.54) is 5.39 Å². The van der Waals surface area contributed by atoms with Gasteiger partial charge in [0.15, 0.2) is 0 Å². The Morgan fingerprint density at radius 1 is 0.920 bits per heavy atom. The highest BCUT2D eigenvalue weighted by Crippen LogP contribution is 2.32. The first-order chi connectivity index (χ1) is 12.1. The fourth-order valence-corrected chi connectivity index (χ4v) is 3.29. The smallest absolute Gasteiger partial charge is 0.277 e. The molecule has 3 aromatic carbocycles. The van der Waals surface area contributed by atoms with E-state index in [1.54, 1.807) is 0 Å². The van der Waals surface area contributed by atoms with Gasteiger partial charge in [0.05, 0.1) is 11.4 Å². The molecule has 0 saturated carbocycles. The zero-order valence-corrected chi connectivity index (χ0v) is 14.4. The van der Waals surface area contributed by atoms with Gasteiger partial charge < -0.3 is 4.90 Å². The van der Waals surface area contributed by atoms with Crippen LogP contribution in [0.3, 0.4) is 0 Å². The molecular formula is C22H20N2O. The van der Waals surface area contributed by atoms with Gasteiger partial charge >= 0.3 is 0 Å². The molecule has 0 unspecified atom stereocenters. The molecule has 4 rings (SSSR count). The third kappa shape index (κ3) is 2.82. The number of benzene rings is 3. The van der Waals surface area contributed by atoms with Crippen molar-refractivity contribution in [2.45, 2.75) is 13.8 Å². The molecule has 0 aromatic heterocycles. The molecule has 25 heavy (non-hydrogen) atoms. The molecule has 0 bridgehead atoms. The first-order valence-corrected chi connectivity index (χ1v) is 8.62. The Morgan fingerprint density at radius 3 is 2.44 bits per heavy atom. The lowest BCUT2D eigenvalue weighted by Gasteiger charge is -2.18. The fourth-order valence-electron chi connectivity index (χ4n) is 3.29. The number of carbonyl (C=O) groups is 1. The van der Waals surface area contributed by atoms with E-state index in [4.69, 9.17) is 4.99 Å². The Labute approximate surface area is 147 Å². The van der Waals surface area contributed by atoms with Gasteiger partial charge in [0.1, 0.15) is 5.71 Å². The van der Waals surface area contributed by atoms with Crippen LogP contribution in [0.5, 0.6) is 0 Å². The summed E-state index contributed by atoms with van der Waals surface area (Å²) in [5, 5.41) is 2.30. The summed E-state index contributed by atoms with van der Waals surface area (Å²) in [6, 6.07) is 22.1. The van der Waals surface area contributed by atoms with Crippen molar-refractivity contribution in [2.24, 2.45) is 10.9 Å². The van der Waals surface area contributed by atoms with Gasteiger partial charge in [0.2, 0.25) is 0 Å². The third-order valence-corrected chi connectivity index (χ3v) is 4.42. The molecule has 124 valence electrons. The second kappa shape index (κ2) is 6.17. The highest BCUT2D eigenvalue weighted by molar-refractivity contribution is 6.54. The first kappa shape index (κ1) is 15.6. The molecule has 0 radical (unpaired) electrons. The maximum atomic E-state index is 13.0. The number of nitrogens with zero attached hydrogens (tertiary/aromatic N) is 2. The first-order valence-electron chi connectivity index (χ1n) is 8.62. The minimum Gasteiger partial charge on any atom is -0.306 e. The van der Waals surface area contributed by atoms with Crippen molar-refractivity contribution in [1.29, 1.82) is 0 Å². The van der Waals surface area contributed by atoms with Gasteiger partial charge in [0, 0.05) is 12.1 Å². The molecule has 0 saturated heterocycles. The van der Waals surface area contributed by atoms with Crippen LogP contribution < -0.4 is 4.90 Å². The summed E-state index contributed by atoms with van der Waals surface area (Å²) in [4.78, 5) is 19.5. The van der Waals surface area contributed by atoms with Crippen LogP contribution in [0.1, 0.15) is 19.4 Å². The minimum atomic E-state index is -0.0111. The van der Waals surface area contributed by atoms with E-state index in [0.29, 0.717) is 18.2 Å². The minimum absolute atomic E-state index is 0.0111. The largest absolute Gasteiger partial charge is 0.306 e. The molecule has 1 heterocycles. The maximum Gasteiger partial charge on any atom is 0.277 e. The van der Waals surface area contributed by atoms with Crippen LogP contribution in [0.4, 0.5) is 11.4 Å². The molecular weight excluding hydrogens is 308 g/mol. The summed E-state index contributed by atoms with van der Waals surface area (Å²) in [7, 11) is 0. The van der Waals surface area contributed by atoms with E-state index in [2.05, 4.69) is 26.0 Å². The maximum absolute atomic E-state index is 13.0. The van der Waals surface area contributed by atoms with Crippen molar-refractivity contribution in [3.63, 3.8) is 0 Å². The number of hydrogen-bond donors (Lipinski definition) is 0. The van der Waals surface area contributed by atoms with Gasteiger partial charge in [-0.3, -0.25) is 4.79 Å². The molecule has 0 aliphatic carbocycles. The number of para-hydroxylation sites is 1. The number of carbonyl (C=O) groups excluding carboxylic acids is 1. The highest BCUT2D eigenvalue weighted by atomic mass is 16.2. The van der Waals surface area contributed by atoms with Gasteiger partial charge in [-0.05, 0) is 34.9 Å². The monoisotopic (exact) mass is 328 g/mol. The van der Waals surface area contributed by atoms with Crippen LogP contribution in [-0.4, -0.2) is 18.2 Å². The van der Waals surface area contributed by atoms with Crippen LogP contribution in [0, 0.1) is 5.92 Å². The van der Waals surface area contributed by atoms with Crippen LogP contribution >= 0.6 is 0 Å². The van der Waals surface area contributed by atoms with Crippen LogP contribution in [0.15, 0.2) is 71.7 Å². The van der Waals surface area contributed by atoms with Crippen LogP contribution in [-0.2, 0) is 4.79 Å². The molecule has 3 heteroatoms. The summed E-state index contributed by atoms with van der Waals surface area (Å²) in [6.07, 6.45) is 0. The summed E-state index contributed by atoms with van der Waals surface area (Å²) in [5.74, 6) is 0.389. The Morgan fingerprint density at radius 2 is 1.64 bits per heavy atom. The lowest BCUT2D eigenvalue weighted by molar-refractivity contribution is -0.112. The Balaban J connectivity index is 1.80. The Bertz CT molecular complexity index is 988. The number of aliphatic imine (C=N–C) groups is 1. The predicted molar refractivity (Wildman–Crippen MR) is 104 cm³/mol.